The number of hydrogen-bond donors (Lipinski definition) is 2. The lowest BCUT2D eigenvalue weighted by atomic mass is 10.0. The number of nitrogens with one attached hydrogen (secondary N) is 2. The number of aryl methyl sites for hydroxylation is 3. The summed E-state index contributed by atoms with van der Waals surface area (Å²) in [5.74, 6) is 0.207. The fraction of sp³-hybridized carbons (Fsp3) is 0.364. The number of rotatable bonds is 4. The molecule has 1 atom stereocenters. The Morgan fingerprint density at radius 3 is 2.48 bits per heavy atom. The molecule has 1 aliphatic heterocycles. The molecule has 0 aliphatic carbocycles. The zero-order valence-electron chi connectivity index (χ0n) is 16.4. The van der Waals surface area contributed by atoms with Crippen molar-refractivity contribution >= 4 is 34.6 Å². The first-order valence-electron chi connectivity index (χ1n) is 9.41. The van der Waals surface area contributed by atoms with E-state index in [1.165, 1.54) is 16.7 Å². The summed E-state index contributed by atoms with van der Waals surface area (Å²) in [6.45, 7) is 9.17. The van der Waals surface area contributed by atoms with Gasteiger partial charge in [-0.2, -0.15) is 0 Å². The van der Waals surface area contributed by atoms with E-state index in [-0.39, 0.29) is 11.9 Å². The third kappa shape index (κ3) is 4.48. The van der Waals surface area contributed by atoms with Crippen molar-refractivity contribution < 1.29 is 4.79 Å². The van der Waals surface area contributed by atoms with Crippen LogP contribution in [0.15, 0.2) is 36.4 Å². The summed E-state index contributed by atoms with van der Waals surface area (Å²) in [6, 6.07) is 12.6. The molecule has 2 aromatic rings. The number of amides is 1. The predicted molar refractivity (Wildman–Crippen MR) is 116 cm³/mol. The van der Waals surface area contributed by atoms with Crippen LogP contribution in [-0.4, -0.2) is 17.6 Å². The third-order valence-corrected chi connectivity index (χ3v) is 5.42. The highest BCUT2D eigenvalue weighted by Gasteiger charge is 2.23. The number of carbonyl (C=O) groups is 1. The highest BCUT2D eigenvalue weighted by Crippen LogP contribution is 2.27. The van der Waals surface area contributed by atoms with Gasteiger partial charge in [-0.1, -0.05) is 18.2 Å². The van der Waals surface area contributed by atoms with Crippen molar-refractivity contribution in [3.05, 3.63) is 58.7 Å². The van der Waals surface area contributed by atoms with Gasteiger partial charge in [0.25, 0.3) is 0 Å². The molecule has 1 heterocycles. The van der Waals surface area contributed by atoms with Gasteiger partial charge in [-0.15, -0.1) is 0 Å². The molecule has 4 nitrogen and oxygen atoms in total. The smallest absolute Gasteiger partial charge is 0.227 e. The fourth-order valence-electron chi connectivity index (χ4n) is 3.42. The molecule has 5 heteroatoms. The first kappa shape index (κ1) is 19.4. The minimum Gasteiger partial charge on any atom is -0.356 e. The minimum absolute atomic E-state index is 0.117. The van der Waals surface area contributed by atoms with E-state index in [1.807, 2.05) is 30.0 Å². The fourth-order valence-corrected chi connectivity index (χ4v) is 3.71. The number of hydrogen-bond acceptors (Lipinski definition) is 2. The lowest BCUT2D eigenvalue weighted by molar-refractivity contribution is -0.117. The number of benzene rings is 2. The van der Waals surface area contributed by atoms with E-state index in [0.717, 1.165) is 29.9 Å². The number of nitrogens with zero attached hydrogens (tertiary/aromatic N) is 1. The van der Waals surface area contributed by atoms with Gasteiger partial charge >= 0.3 is 0 Å². The van der Waals surface area contributed by atoms with Gasteiger partial charge in [0.15, 0.2) is 5.11 Å². The highest BCUT2D eigenvalue weighted by atomic mass is 32.1. The van der Waals surface area contributed by atoms with Crippen LogP contribution in [0.2, 0.25) is 0 Å². The molecule has 0 unspecified atom stereocenters. The first-order chi connectivity index (χ1) is 12.8. The summed E-state index contributed by atoms with van der Waals surface area (Å²) >= 11 is 5.49. The molecule has 0 saturated carbocycles. The molecule has 2 aromatic carbocycles. The molecule has 0 radical (unpaired) electrons. The van der Waals surface area contributed by atoms with Crippen molar-refractivity contribution in [1.82, 2.24) is 5.32 Å². The molecular formula is C22H27N3OS. The molecule has 1 saturated heterocycles. The summed E-state index contributed by atoms with van der Waals surface area (Å²) in [5, 5.41) is 7.19. The molecule has 27 heavy (non-hydrogen) atoms. The topological polar surface area (TPSA) is 44.4 Å². The van der Waals surface area contributed by atoms with Gasteiger partial charge in [0.2, 0.25) is 5.91 Å². The minimum atomic E-state index is 0.117. The van der Waals surface area contributed by atoms with Crippen molar-refractivity contribution in [3.63, 3.8) is 0 Å². The lowest BCUT2D eigenvalue weighted by Crippen LogP contribution is -2.31. The summed E-state index contributed by atoms with van der Waals surface area (Å²) in [6.07, 6.45) is 1.58. The zero-order valence-corrected chi connectivity index (χ0v) is 17.2. The van der Waals surface area contributed by atoms with Crippen molar-refractivity contribution in [1.29, 1.82) is 0 Å². The molecule has 2 N–H and O–H groups in total. The highest BCUT2D eigenvalue weighted by molar-refractivity contribution is 7.80. The Bertz CT molecular complexity index is 878. The average molecular weight is 382 g/mol. The monoisotopic (exact) mass is 381 g/mol. The number of carbonyl (C=O) groups excluding carboxylic acids is 1. The third-order valence-electron chi connectivity index (χ3n) is 5.20. The van der Waals surface area contributed by atoms with Crippen LogP contribution in [0.25, 0.3) is 0 Å². The molecule has 3 rings (SSSR count). The SMILES string of the molecule is Cc1ccc([C@H](C)NC(=S)Nc2ccc(N3CCCC3=O)c(C)c2)cc1C. The van der Waals surface area contributed by atoms with Gasteiger partial charge in [0.1, 0.15) is 0 Å². The van der Waals surface area contributed by atoms with Crippen molar-refractivity contribution in [2.45, 2.75) is 46.6 Å². The summed E-state index contributed by atoms with van der Waals surface area (Å²) in [5.41, 5.74) is 6.76. The van der Waals surface area contributed by atoms with Crippen LogP contribution >= 0.6 is 12.2 Å². The van der Waals surface area contributed by atoms with Gasteiger partial charge in [-0.25, -0.2) is 0 Å². The van der Waals surface area contributed by atoms with Crippen LogP contribution in [-0.2, 0) is 4.79 Å². The average Bonchev–Trinajstić information content (AvgIpc) is 3.03. The number of thiocarbonyl (C=S) groups is 1. The second kappa shape index (κ2) is 8.09. The maximum Gasteiger partial charge on any atom is 0.227 e. The molecule has 0 spiro atoms. The molecule has 0 aromatic heterocycles. The van der Waals surface area contributed by atoms with Crippen LogP contribution in [0.3, 0.4) is 0 Å². The molecule has 0 bridgehead atoms. The Kier molecular flexibility index (Phi) is 5.80. The van der Waals surface area contributed by atoms with Crippen LogP contribution in [0.4, 0.5) is 11.4 Å². The van der Waals surface area contributed by atoms with Gasteiger partial charge in [-0.05, 0) is 86.8 Å². The quantitative estimate of drug-likeness (QED) is 0.748. The maximum absolute atomic E-state index is 12.0. The second-order valence-electron chi connectivity index (χ2n) is 7.31. The zero-order chi connectivity index (χ0) is 19.6. The Labute approximate surface area is 167 Å². The van der Waals surface area contributed by atoms with Crippen LogP contribution in [0.1, 0.15) is 48.1 Å². The first-order valence-corrected chi connectivity index (χ1v) is 9.81. The van der Waals surface area contributed by atoms with E-state index >= 15 is 0 Å². The van der Waals surface area contributed by atoms with E-state index in [2.05, 4.69) is 49.6 Å². The van der Waals surface area contributed by atoms with Crippen molar-refractivity contribution in [2.24, 2.45) is 0 Å². The van der Waals surface area contributed by atoms with E-state index < -0.39 is 0 Å². The van der Waals surface area contributed by atoms with Gasteiger partial charge < -0.3 is 15.5 Å². The second-order valence-corrected chi connectivity index (χ2v) is 7.72. The predicted octanol–water partition coefficient (Wildman–Crippen LogP) is 4.79. The Hall–Kier alpha value is -2.40. The summed E-state index contributed by atoms with van der Waals surface area (Å²) in [4.78, 5) is 13.8. The lowest BCUT2D eigenvalue weighted by Gasteiger charge is -2.21. The normalized spacial score (nSPS) is 15.0. The van der Waals surface area contributed by atoms with E-state index in [9.17, 15) is 4.79 Å². The van der Waals surface area contributed by atoms with Crippen molar-refractivity contribution in [2.75, 3.05) is 16.8 Å². The largest absolute Gasteiger partial charge is 0.356 e. The molecule has 1 amide bonds. The Balaban J connectivity index is 1.64. The van der Waals surface area contributed by atoms with Gasteiger partial charge in [0.05, 0.1) is 6.04 Å². The standard InChI is InChI=1S/C22H27N3OS/c1-14-7-8-18(12-15(14)2)17(4)23-22(27)24-19-9-10-20(16(3)13-19)25-11-5-6-21(25)26/h7-10,12-13,17H,5-6,11H2,1-4H3,(H2,23,24,27)/t17-/m0/s1. The van der Waals surface area contributed by atoms with E-state index in [4.69, 9.17) is 12.2 Å². The van der Waals surface area contributed by atoms with Crippen molar-refractivity contribution in [3.8, 4) is 0 Å². The molecule has 1 fully saturated rings. The van der Waals surface area contributed by atoms with Crippen LogP contribution in [0, 0.1) is 20.8 Å². The van der Waals surface area contributed by atoms with Crippen LogP contribution in [0.5, 0.6) is 0 Å². The summed E-state index contributed by atoms with van der Waals surface area (Å²) < 4.78 is 0. The van der Waals surface area contributed by atoms with E-state index in [0.29, 0.717) is 11.5 Å². The number of anilines is 2. The van der Waals surface area contributed by atoms with E-state index in [1.54, 1.807) is 0 Å². The Morgan fingerprint density at radius 1 is 1.07 bits per heavy atom. The van der Waals surface area contributed by atoms with Gasteiger partial charge in [-0.3, -0.25) is 4.79 Å². The molecule has 1 aliphatic rings. The Morgan fingerprint density at radius 2 is 1.85 bits per heavy atom. The maximum atomic E-state index is 12.0. The van der Waals surface area contributed by atoms with Gasteiger partial charge in [0, 0.05) is 24.3 Å². The summed E-state index contributed by atoms with van der Waals surface area (Å²) in [7, 11) is 0. The molecule has 142 valence electrons. The molecular weight excluding hydrogens is 354 g/mol. The van der Waals surface area contributed by atoms with Crippen LogP contribution < -0.4 is 15.5 Å².